The fraction of sp³-hybridized carbons (Fsp3) is 0.444. The summed E-state index contributed by atoms with van der Waals surface area (Å²) in [5.41, 5.74) is 0.294. The van der Waals surface area contributed by atoms with Crippen molar-refractivity contribution in [3.05, 3.63) is 41.0 Å². The minimum Gasteiger partial charge on any atom is -0.506 e. The Bertz CT molecular complexity index is 630. The summed E-state index contributed by atoms with van der Waals surface area (Å²) in [6, 6.07) is 7.22. The molecule has 1 aromatic carbocycles. The number of unbranched alkanes of at least 4 members (excludes halogenated alkanes) is 1. The number of carbonyl (C=O) groups is 2. The van der Waals surface area contributed by atoms with Crippen LogP contribution >= 0.6 is 0 Å². The zero-order valence-corrected chi connectivity index (χ0v) is 13.3. The topological polar surface area (TPSA) is 63.6 Å². The lowest BCUT2D eigenvalue weighted by Crippen LogP contribution is -2.40. The van der Waals surface area contributed by atoms with E-state index in [2.05, 4.69) is 6.92 Å². The van der Waals surface area contributed by atoms with Crippen molar-refractivity contribution in [1.29, 1.82) is 0 Å². The number of rotatable bonds is 5. The molecule has 0 amide bonds. The number of carbonyl (C=O) groups excluding carboxylic acids is 2. The normalized spacial score (nSPS) is 20.8. The summed E-state index contributed by atoms with van der Waals surface area (Å²) in [5, 5.41) is 10.4. The van der Waals surface area contributed by atoms with Crippen molar-refractivity contribution in [3.8, 4) is 0 Å². The molecule has 1 atom stereocenters. The van der Waals surface area contributed by atoms with E-state index < -0.39 is 11.4 Å². The molecule has 0 aliphatic heterocycles. The summed E-state index contributed by atoms with van der Waals surface area (Å²) in [6.07, 6.45) is 2.46. The second-order valence-electron chi connectivity index (χ2n) is 5.75. The zero-order valence-electron chi connectivity index (χ0n) is 13.3. The minimum absolute atomic E-state index is 0.163. The molecule has 0 radical (unpaired) electrons. The molecule has 1 unspecified atom stereocenters. The van der Waals surface area contributed by atoms with Gasteiger partial charge in [0, 0.05) is 5.56 Å². The van der Waals surface area contributed by atoms with Crippen LogP contribution in [0.4, 0.5) is 0 Å². The fourth-order valence-electron chi connectivity index (χ4n) is 2.98. The first-order valence-corrected chi connectivity index (χ1v) is 7.72. The maximum atomic E-state index is 12.9. The number of aliphatic hydroxyl groups is 1. The third-order valence-corrected chi connectivity index (χ3v) is 4.25. The van der Waals surface area contributed by atoms with Crippen molar-refractivity contribution in [3.63, 3.8) is 0 Å². The quantitative estimate of drug-likeness (QED) is 0.667. The molecule has 118 valence electrons. The van der Waals surface area contributed by atoms with Gasteiger partial charge in [-0.1, -0.05) is 44.0 Å². The van der Waals surface area contributed by atoms with Gasteiger partial charge in [-0.25, -0.2) is 4.79 Å². The highest BCUT2D eigenvalue weighted by Crippen LogP contribution is 2.42. The molecule has 0 spiro atoms. The average molecular weight is 302 g/mol. The number of ether oxygens (including phenoxy) is 1. The molecule has 0 bridgehead atoms. The Kier molecular flexibility index (Phi) is 4.69. The van der Waals surface area contributed by atoms with Crippen LogP contribution in [0, 0.1) is 0 Å². The number of aliphatic hydroxyl groups excluding tert-OH is 1. The van der Waals surface area contributed by atoms with Gasteiger partial charge in [0.15, 0.2) is 5.78 Å². The van der Waals surface area contributed by atoms with Crippen LogP contribution in [0.15, 0.2) is 29.8 Å². The van der Waals surface area contributed by atoms with Gasteiger partial charge >= 0.3 is 5.97 Å². The van der Waals surface area contributed by atoms with Gasteiger partial charge in [0.1, 0.15) is 11.3 Å². The number of hydrogen-bond donors (Lipinski definition) is 1. The van der Waals surface area contributed by atoms with E-state index in [1.165, 1.54) is 0 Å². The number of ketones is 1. The van der Waals surface area contributed by atoms with Gasteiger partial charge in [0.25, 0.3) is 0 Å². The van der Waals surface area contributed by atoms with Crippen molar-refractivity contribution in [2.24, 2.45) is 0 Å². The Balaban J connectivity index is 2.62. The molecule has 0 fully saturated rings. The first-order valence-electron chi connectivity index (χ1n) is 7.72. The minimum atomic E-state index is -0.805. The van der Waals surface area contributed by atoms with Gasteiger partial charge < -0.3 is 9.84 Å². The van der Waals surface area contributed by atoms with Crippen molar-refractivity contribution in [1.82, 2.24) is 0 Å². The molecule has 0 saturated carbocycles. The second kappa shape index (κ2) is 6.34. The maximum Gasteiger partial charge on any atom is 0.345 e. The van der Waals surface area contributed by atoms with E-state index in [1.54, 1.807) is 19.1 Å². The molecular formula is C18H22O4. The number of esters is 1. The molecule has 0 saturated heterocycles. The summed E-state index contributed by atoms with van der Waals surface area (Å²) >= 11 is 0. The Labute approximate surface area is 130 Å². The number of fused-ring (bicyclic) bond motifs is 1. The van der Waals surface area contributed by atoms with Gasteiger partial charge in [-0.3, -0.25) is 4.79 Å². The molecule has 4 heteroatoms. The van der Waals surface area contributed by atoms with Crippen LogP contribution in [-0.2, 0) is 19.7 Å². The Morgan fingerprint density at radius 1 is 1.27 bits per heavy atom. The second-order valence-corrected chi connectivity index (χ2v) is 5.75. The van der Waals surface area contributed by atoms with Gasteiger partial charge in [-0.2, -0.15) is 0 Å². The lowest BCUT2D eigenvalue weighted by atomic mass is 9.67. The Morgan fingerprint density at radius 3 is 2.59 bits per heavy atom. The van der Waals surface area contributed by atoms with Gasteiger partial charge in [0.05, 0.1) is 12.0 Å². The highest BCUT2D eigenvalue weighted by atomic mass is 16.5. The standard InChI is InChI=1S/C18H22O4/c1-4-6-11-18(3)13-10-8-7-9-12(13)15(19)14(16(18)20)17(21)22-5-2/h7-10,19H,4-6,11H2,1-3H3. The third kappa shape index (κ3) is 2.54. The van der Waals surface area contributed by atoms with Gasteiger partial charge in [0.2, 0.25) is 0 Å². The predicted octanol–water partition coefficient (Wildman–Crippen LogP) is 3.55. The van der Waals surface area contributed by atoms with Gasteiger partial charge in [-0.15, -0.1) is 0 Å². The molecule has 1 N–H and O–H groups in total. The van der Waals surface area contributed by atoms with E-state index in [4.69, 9.17) is 4.74 Å². The lowest BCUT2D eigenvalue weighted by Gasteiger charge is -2.34. The number of hydrogen-bond acceptors (Lipinski definition) is 4. The average Bonchev–Trinajstić information content (AvgIpc) is 2.52. The van der Waals surface area contributed by atoms with E-state index >= 15 is 0 Å². The first kappa shape index (κ1) is 16.3. The SMILES string of the molecule is CCCCC1(C)C(=O)C(C(=O)OCC)=C(O)c2ccccc21. The summed E-state index contributed by atoms with van der Waals surface area (Å²) in [4.78, 5) is 25.1. The monoisotopic (exact) mass is 302 g/mol. The smallest absolute Gasteiger partial charge is 0.345 e. The first-order chi connectivity index (χ1) is 10.5. The van der Waals surface area contributed by atoms with E-state index in [-0.39, 0.29) is 23.7 Å². The molecule has 1 aromatic rings. The molecular weight excluding hydrogens is 280 g/mol. The van der Waals surface area contributed by atoms with Crippen LogP contribution in [0.3, 0.4) is 0 Å². The number of Topliss-reactive ketones (excluding diaryl/α,β-unsaturated/α-hetero) is 1. The summed E-state index contributed by atoms with van der Waals surface area (Å²) < 4.78 is 4.96. The van der Waals surface area contributed by atoms with Gasteiger partial charge in [-0.05, 0) is 25.8 Å². The molecule has 4 nitrogen and oxygen atoms in total. The molecule has 1 aliphatic carbocycles. The fourth-order valence-corrected chi connectivity index (χ4v) is 2.98. The summed E-state index contributed by atoms with van der Waals surface area (Å²) in [7, 11) is 0. The van der Waals surface area contributed by atoms with Crippen molar-refractivity contribution in [2.75, 3.05) is 6.61 Å². The molecule has 2 rings (SSSR count). The molecule has 1 aliphatic rings. The molecule has 0 heterocycles. The molecule has 0 aromatic heterocycles. The highest BCUT2D eigenvalue weighted by molar-refractivity contribution is 6.26. The van der Waals surface area contributed by atoms with Crippen LogP contribution in [0.5, 0.6) is 0 Å². The highest BCUT2D eigenvalue weighted by Gasteiger charge is 2.46. The van der Waals surface area contributed by atoms with E-state index in [1.807, 2.05) is 19.1 Å². The largest absolute Gasteiger partial charge is 0.506 e. The van der Waals surface area contributed by atoms with Crippen LogP contribution in [0.25, 0.3) is 5.76 Å². The van der Waals surface area contributed by atoms with Crippen LogP contribution in [0.1, 0.15) is 51.2 Å². The maximum absolute atomic E-state index is 12.9. The van der Waals surface area contributed by atoms with Crippen LogP contribution in [-0.4, -0.2) is 23.5 Å². The van der Waals surface area contributed by atoms with Crippen LogP contribution < -0.4 is 0 Å². The zero-order chi connectivity index (χ0) is 16.3. The lowest BCUT2D eigenvalue weighted by molar-refractivity contribution is -0.140. The summed E-state index contributed by atoms with van der Waals surface area (Å²) in [6.45, 7) is 5.74. The summed E-state index contributed by atoms with van der Waals surface area (Å²) in [5.74, 6) is -1.37. The van der Waals surface area contributed by atoms with Crippen LogP contribution in [0.2, 0.25) is 0 Å². The number of benzene rings is 1. The van der Waals surface area contributed by atoms with Crippen molar-refractivity contribution in [2.45, 2.75) is 45.4 Å². The van der Waals surface area contributed by atoms with Crippen molar-refractivity contribution < 1.29 is 19.4 Å². The Morgan fingerprint density at radius 2 is 1.95 bits per heavy atom. The van der Waals surface area contributed by atoms with E-state index in [0.29, 0.717) is 12.0 Å². The van der Waals surface area contributed by atoms with Crippen molar-refractivity contribution >= 4 is 17.5 Å². The third-order valence-electron chi connectivity index (χ3n) is 4.25. The van der Waals surface area contributed by atoms with E-state index in [9.17, 15) is 14.7 Å². The Hall–Kier alpha value is -2.10. The predicted molar refractivity (Wildman–Crippen MR) is 84.5 cm³/mol. The molecule has 22 heavy (non-hydrogen) atoms. The van der Waals surface area contributed by atoms with E-state index in [0.717, 1.165) is 18.4 Å².